The zero-order valence-electron chi connectivity index (χ0n) is 11.4. The van der Waals surface area contributed by atoms with E-state index in [4.69, 9.17) is 4.42 Å². The Hall–Kier alpha value is -1.87. The van der Waals surface area contributed by atoms with E-state index in [0.717, 1.165) is 21.7 Å². The van der Waals surface area contributed by atoms with Crippen molar-refractivity contribution in [3.05, 3.63) is 52.9 Å². The molecule has 96 valence electrons. The van der Waals surface area contributed by atoms with Gasteiger partial charge in [0.25, 0.3) is 0 Å². The molecule has 2 aromatic carbocycles. The van der Waals surface area contributed by atoms with Crippen molar-refractivity contribution in [2.75, 3.05) is 0 Å². The minimum atomic E-state index is -1.58. The summed E-state index contributed by atoms with van der Waals surface area (Å²) in [4.78, 5) is 11.9. The van der Waals surface area contributed by atoms with E-state index in [1.54, 1.807) is 6.07 Å². The zero-order chi connectivity index (χ0) is 13.6. The summed E-state index contributed by atoms with van der Waals surface area (Å²) < 4.78 is 5.48. The maximum absolute atomic E-state index is 11.9. The van der Waals surface area contributed by atoms with Crippen molar-refractivity contribution in [2.45, 2.75) is 19.6 Å². The van der Waals surface area contributed by atoms with Crippen LogP contribution >= 0.6 is 0 Å². The Morgan fingerprint density at radius 3 is 2.42 bits per heavy atom. The second-order valence-corrected chi connectivity index (χ2v) is 10.9. The molecular weight excluding hydrogens is 252 g/mol. The van der Waals surface area contributed by atoms with Crippen molar-refractivity contribution in [2.24, 2.45) is 0 Å². The van der Waals surface area contributed by atoms with Crippen molar-refractivity contribution in [1.29, 1.82) is 0 Å². The summed E-state index contributed by atoms with van der Waals surface area (Å²) in [5.41, 5.74) is 0.476. The molecule has 0 spiro atoms. The quantitative estimate of drug-likeness (QED) is 0.384. The highest BCUT2D eigenvalue weighted by molar-refractivity contribution is 6.90. The van der Waals surface area contributed by atoms with Gasteiger partial charge >= 0.3 is 5.63 Å². The predicted molar refractivity (Wildman–Crippen MR) is 83.0 cm³/mol. The number of hydrogen-bond acceptors (Lipinski definition) is 2. The largest absolute Gasteiger partial charge is 0.422 e. The zero-order valence-corrected chi connectivity index (χ0v) is 12.4. The van der Waals surface area contributed by atoms with Gasteiger partial charge in [-0.15, -0.1) is 0 Å². The molecule has 3 heteroatoms. The van der Waals surface area contributed by atoms with Crippen molar-refractivity contribution < 1.29 is 4.42 Å². The van der Waals surface area contributed by atoms with E-state index in [1.807, 2.05) is 24.3 Å². The molecular formula is C16H16O2Si. The minimum absolute atomic E-state index is 0.249. The highest BCUT2D eigenvalue weighted by Gasteiger charge is 2.21. The van der Waals surface area contributed by atoms with Crippen LogP contribution in [-0.2, 0) is 0 Å². The third kappa shape index (κ3) is 2.00. The Labute approximate surface area is 112 Å². The Morgan fingerprint density at radius 2 is 1.68 bits per heavy atom. The fourth-order valence-electron chi connectivity index (χ4n) is 2.51. The fourth-order valence-corrected chi connectivity index (χ4v) is 4.07. The van der Waals surface area contributed by atoms with Gasteiger partial charge in [-0.1, -0.05) is 56.0 Å². The van der Waals surface area contributed by atoms with E-state index in [-0.39, 0.29) is 5.63 Å². The molecule has 0 unspecified atom stereocenters. The molecule has 2 nitrogen and oxygen atoms in total. The lowest BCUT2D eigenvalue weighted by Gasteiger charge is -2.18. The van der Waals surface area contributed by atoms with E-state index in [0.29, 0.717) is 0 Å². The molecule has 0 saturated carbocycles. The molecule has 0 amide bonds. The first-order valence-electron chi connectivity index (χ1n) is 6.43. The molecule has 0 N–H and O–H groups in total. The first kappa shape index (κ1) is 12.2. The second-order valence-electron chi connectivity index (χ2n) is 5.89. The summed E-state index contributed by atoms with van der Waals surface area (Å²) in [5, 5.41) is 4.37. The first-order chi connectivity index (χ1) is 8.97. The summed E-state index contributed by atoms with van der Waals surface area (Å²) in [6.45, 7) is 6.74. The van der Waals surface area contributed by atoms with E-state index in [9.17, 15) is 4.79 Å². The van der Waals surface area contributed by atoms with Gasteiger partial charge in [-0.05, 0) is 10.6 Å². The van der Waals surface area contributed by atoms with Crippen LogP contribution in [-0.4, -0.2) is 8.07 Å². The number of hydrogen-bond donors (Lipinski definition) is 0. The van der Waals surface area contributed by atoms with E-state index in [1.165, 1.54) is 5.19 Å². The fraction of sp³-hybridized carbons (Fsp3) is 0.188. The third-order valence-electron chi connectivity index (χ3n) is 3.44. The molecule has 19 heavy (non-hydrogen) atoms. The van der Waals surface area contributed by atoms with Gasteiger partial charge in [0.05, 0.1) is 8.07 Å². The van der Waals surface area contributed by atoms with Crippen LogP contribution in [0.1, 0.15) is 0 Å². The van der Waals surface area contributed by atoms with Crippen LogP contribution in [0.5, 0.6) is 0 Å². The van der Waals surface area contributed by atoms with E-state index in [2.05, 4.69) is 31.8 Å². The van der Waals surface area contributed by atoms with Crippen molar-refractivity contribution in [3.8, 4) is 0 Å². The predicted octanol–water partition coefficient (Wildman–Crippen LogP) is 3.49. The van der Waals surface area contributed by atoms with Crippen LogP contribution in [0.2, 0.25) is 19.6 Å². The molecule has 0 bridgehead atoms. The lowest BCUT2D eigenvalue weighted by molar-refractivity contribution is 0.565. The number of benzene rings is 2. The molecule has 0 atom stereocenters. The molecule has 0 saturated heterocycles. The summed E-state index contributed by atoms with van der Waals surface area (Å²) in [6.07, 6.45) is 0. The summed E-state index contributed by atoms with van der Waals surface area (Å²) in [5.74, 6) is 0. The highest BCUT2D eigenvalue weighted by Crippen LogP contribution is 2.24. The molecule has 0 aliphatic carbocycles. The Bertz CT molecular complexity index is 825. The van der Waals surface area contributed by atoms with Gasteiger partial charge in [0.2, 0.25) is 0 Å². The number of rotatable bonds is 1. The van der Waals surface area contributed by atoms with Crippen LogP contribution in [0.4, 0.5) is 0 Å². The molecule has 0 fully saturated rings. The summed E-state index contributed by atoms with van der Waals surface area (Å²) >= 11 is 0. The van der Waals surface area contributed by atoms with E-state index < -0.39 is 8.07 Å². The van der Waals surface area contributed by atoms with Crippen LogP contribution in [0.3, 0.4) is 0 Å². The van der Waals surface area contributed by atoms with Gasteiger partial charge in [-0.3, -0.25) is 0 Å². The summed E-state index contributed by atoms with van der Waals surface area (Å²) in [7, 11) is -1.58. The molecule has 3 rings (SSSR count). The van der Waals surface area contributed by atoms with Crippen LogP contribution in [0.25, 0.3) is 21.7 Å². The Kier molecular flexibility index (Phi) is 2.61. The monoisotopic (exact) mass is 268 g/mol. The maximum atomic E-state index is 11.9. The average Bonchev–Trinajstić information content (AvgIpc) is 2.36. The number of fused-ring (bicyclic) bond motifs is 3. The highest BCUT2D eigenvalue weighted by atomic mass is 28.3. The molecule has 0 radical (unpaired) electrons. The molecule has 1 aromatic heterocycles. The first-order valence-corrected chi connectivity index (χ1v) is 9.93. The topological polar surface area (TPSA) is 30.2 Å². The minimum Gasteiger partial charge on any atom is -0.422 e. The van der Waals surface area contributed by atoms with Crippen LogP contribution in [0, 0.1) is 0 Å². The van der Waals surface area contributed by atoms with Crippen molar-refractivity contribution in [3.63, 3.8) is 0 Å². The maximum Gasteiger partial charge on any atom is 0.336 e. The third-order valence-corrected chi connectivity index (χ3v) is 5.47. The van der Waals surface area contributed by atoms with Gasteiger partial charge in [0, 0.05) is 16.8 Å². The van der Waals surface area contributed by atoms with Crippen LogP contribution < -0.4 is 10.8 Å². The van der Waals surface area contributed by atoms with Gasteiger partial charge in [0.1, 0.15) is 5.58 Å². The Morgan fingerprint density at radius 1 is 0.947 bits per heavy atom. The molecule has 0 aliphatic heterocycles. The smallest absolute Gasteiger partial charge is 0.336 e. The normalized spacial score (nSPS) is 12.2. The Balaban J connectivity index is 2.55. The molecule has 0 aliphatic rings. The molecule has 1 heterocycles. The van der Waals surface area contributed by atoms with Gasteiger partial charge in [0.15, 0.2) is 0 Å². The average molecular weight is 268 g/mol. The van der Waals surface area contributed by atoms with Crippen molar-refractivity contribution in [1.82, 2.24) is 0 Å². The SMILES string of the molecule is C[Si](C)(C)c1cc(=O)oc2c1ccc1ccccc12. The molecule has 3 aromatic rings. The van der Waals surface area contributed by atoms with Gasteiger partial charge in [-0.25, -0.2) is 4.79 Å². The van der Waals surface area contributed by atoms with Gasteiger partial charge in [-0.2, -0.15) is 0 Å². The van der Waals surface area contributed by atoms with Gasteiger partial charge < -0.3 is 4.42 Å². The lowest BCUT2D eigenvalue weighted by Crippen LogP contribution is -2.39. The van der Waals surface area contributed by atoms with E-state index >= 15 is 0 Å². The standard InChI is InChI=1S/C16H16O2Si/c1-19(2,3)14-10-15(17)18-16-12-7-5-4-6-11(12)8-9-13(14)16/h4-10H,1-3H3. The summed E-state index contributed by atoms with van der Waals surface area (Å²) in [6, 6.07) is 13.9. The van der Waals surface area contributed by atoms with Crippen LogP contribution in [0.15, 0.2) is 51.7 Å². The lowest BCUT2D eigenvalue weighted by atomic mass is 10.1. The second kappa shape index (κ2) is 4.07. The van der Waals surface area contributed by atoms with Crippen molar-refractivity contribution >= 4 is 35.0 Å².